The Labute approximate surface area is 174 Å². The molecule has 29 heavy (non-hydrogen) atoms. The van der Waals surface area contributed by atoms with Gasteiger partial charge in [-0.1, -0.05) is 11.8 Å². The summed E-state index contributed by atoms with van der Waals surface area (Å²) >= 11 is 1.65. The molecular weight excluding hydrogens is 395 g/mol. The van der Waals surface area contributed by atoms with Crippen LogP contribution in [0.2, 0.25) is 0 Å². The van der Waals surface area contributed by atoms with E-state index in [1.54, 1.807) is 43.2 Å². The number of ether oxygens (including phenoxy) is 1. The highest BCUT2D eigenvalue weighted by Gasteiger charge is 2.06. The maximum absolute atomic E-state index is 11.5. The number of carbonyl (C=O) groups excluding carboxylic acids is 1. The number of hydrogen-bond donors (Lipinski definition) is 2. The van der Waals surface area contributed by atoms with Crippen LogP contribution in [0.25, 0.3) is 0 Å². The molecule has 0 aromatic carbocycles. The molecule has 0 saturated heterocycles. The topological polar surface area (TPSA) is 115 Å². The van der Waals surface area contributed by atoms with Crippen molar-refractivity contribution in [2.24, 2.45) is 10.7 Å². The lowest BCUT2D eigenvalue weighted by atomic mass is 10.3. The predicted octanol–water partition coefficient (Wildman–Crippen LogP) is 2.82. The number of thioether (sulfide) groups is 1. The van der Waals surface area contributed by atoms with Crippen LogP contribution in [-0.2, 0) is 4.79 Å². The molecule has 1 aliphatic heterocycles. The van der Waals surface area contributed by atoms with E-state index in [0.29, 0.717) is 12.5 Å². The van der Waals surface area contributed by atoms with Gasteiger partial charge in [0.25, 0.3) is 0 Å². The van der Waals surface area contributed by atoms with E-state index in [0.717, 1.165) is 22.3 Å². The fourth-order valence-corrected chi connectivity index (χ4v) is 2.60. The number of nitrogens with two attached hydrogens (primary N) is 1. The fraction of sp³-hybridized carbons (Fsp3) is 0.316. The third kappa shape index (κ3) is 13.6. The van der Waals surface area contributed by atoms with Crippen LogP contribution < -0.4 is 15.8 Å². The number of anilines is 1. The van der Waals surface area contributed by atoms with Gasteiger partial charge in [0, 0.05) is 23.8 Å². The number of nitrogens with one attached hydrogen (secondary N) is 1. The van der Waals surface area contributed by atoms with Crippen molar-refractivity contribution < 1.29 is 13.9 Å². The number of amides is 1. The van der Waals surface area contributed by atoms with Crippen LogP contribution >= 0.6 is 11.8 Å². The molecule has 3 rings (SSSR count). The summed E-state index contributed by atoms with van der Waals surface area (Å²) in [6.45, 7) is 3.02. The maximum atomic E-state index is 11.5. The Morgan fingerprint density at radius 3 is 2.48 bits per heavy atom. The van der Waals surface area contributed by atoms with Crippen molar-refractivity contribution in [1.29, 1.82) is 0 Å². The number of aliphatic imine (C=N–C) groups is 1. The van der Waals surface area contributed by atoms with Crippen molar-refractivity contribution in [2.45, 2.75) is 26.3 Å². The number of alkyl halides is 1. The van der Waals surface area contributed by atoms with Crippen LogP contribution in [0.1, 0.15) is 19.0 Å². The first-order valence-corrected chi connectivity index (χ1v) is 9.40. The van der Waals surface area contributed by atoms with Gasteiger partial charge in [-0.3, -0.25) is 19.8 Å². The zero-order valence-electron chi connectivity index (χ0n) is 16.4. The number of hydrogen-bond acceptors (Lipinski definition) is 8. The van der Waals surface area contributed by atoms with Gasteiger partial charge in [0.05, 0.1) is 24.1 Å². The van der Waals surface area contributed by atoms with Gasteiger partial charge in [0.15, 0.2) is 5.17 Å². The van der Waals surface area contributed by atoms with Gasteiger partial charge in [-0.25, -0.2) is 9.37 Å². The molecule has 0 unspecified atom stereocenters. The van der Waals surface area contributed by atoms with Gasteiger partial charge < -0.3 is 15.8 Å². The molecule has 0 radical (unpaired) electrons. The summed E-state index contributed by atoms with van der Waals surface area (Å²) in [5.74, 6) is 1.35. The smallest absolute Gasteiger partial charge is 0.234 e. The Morgan fingerprint density at radius 1 is 1.34 bits per heavy atom. The highest BCUT2D eigenvalue weighted by molar-refractivity contribution is 8.13. The zero-order chi connectivity index (χ0) is 21.9. The van der Waals surface area contributed by atoms with Gasteiger partial charge >= 0.3 is 0 Å². The second-order valence-corrected chi connectivity index (χ2v) is 6.32. The summed E-state index contributed by atoms with van der Waals surface area (Å²) in [6, 6.07) is 3.89. The van der Waals surface area contributed by atoms with Crippen LogP contribution in [0.5, 0.6) is 5.88 Å². The quantitative estimate of drug-likeness (QED) is 0.577. The van der Waals surface area contributed by atoms with Crippen molar-refractivity contribution in [3.63, 3.8) is 0 Å². The normalized spacial score (nSPS) is 14.1. The second kappa shape index (κ2) is 16.9. The lowest BCUT2D eigenvalue weighted by molar-refractivity contribution is -0.105. The predicted molar refractivity (Wildman–Crippen MR) is 115 cm³/mol. The number of aryl methyl sites for hydroxylation is 1. The number of nitrogens with zero attached hydrogens (tertiary/aromatic N) is 4. The number of terminal acetylenes is 1. The molecule has 2 aromatic rings. The lowest BCUT2D eigenvalue weighted by Gasteiger charge is -2.12. The monoisotopic (exact) mass is 420 g/mol. The van der Waals surface area contributed by atoms with E-state index in [4.69, 9.17) is 5.73 Å². The van der Waals surface area contributed by atoms with E-state index in [2.05, 4.69) is 49.8 Å². The average Bonchev–Trinajstić information content (AvgIpc) is 2.73. The fourth-order valence-electron chi connectivity index (χ4n) is 1.68. The minimum Gasteiger partial charge on any atom is -0.445 e. The Hall–Kier alpha value is -3.19. The third-order valence-corrected chi connectivity index (χ3v) is 3.84. The molecule has 8 nitrogen and oxygen atoms in total. The standard InChI is InChI=1S/C6H7FN2O.C6H6N2O.C5H10N2S.C2H2/c1-5-2-9-6(3-8-5)10-4-7;9-5-8-6-1-3-7-4-2-6;1-4-2-3-8-5(6)7-4;1-2/h2-3H,4H2,1H3;1-5H,(H,7,8,9);4H,2-3H2,1H3,(H2,6,7);1-2H/t;;4-;/m..0./s1. The molecule has 1 aliphatic rings. The van der Waals surface area contributed by atoms with Crippen molar-refractivity contribution in [3.05, 3.63) is 42.6 Å². The van der Waals surface area contributed by atoms with Gasteiger partial charge in [-0.15, -0.1) is 12.8 Å². The van der Waals surface area contributed by atoms with Gasteiger partial charge in [-0.2, -0.15) is 0 Å². The third-order valence-electron chi connectivity index (χ3n) is 3.00. The molecule has 0 saturated carbocycles. The Bertz CT molecular complexity index is 728. The first-order valence-electron chi connectivity index (χ1n) is 8.42. The largest absolute Gasteiger partial charge is 0.445 e. The molecule has 1 atom stereocenters. The maximum Gasteiger partial charge on any atom is 0.234 e. The summed E-state index contributed by atoms with van der Waals surface area (Å²) in [4.78, 5) is 25.3. The zero-order valence-corrected chi connectivity index (χ0v) is 17.2. The number of pyridine rings is 1. The molecule has 3 N–H and O–H groups in total. The number of carbonyl (C=O) groups is 1. The minimum absolute atomic E-state index is 0.216. The van der Waals surface area contributed by atoms with Crippen LogP contribution in [0.3, 0.4) is 0 Å². The Balaban J connectivity index is 0.000000390. The summed E-state index contributed by atoms with van der Waals surface area (Å²) in [5, 5.41) is 3.24. The van der Waals surface area contributed by atoms with Gasteiger partial charge in [-0.05, 0) is 32.4 Å². The average molecular weight is 421 g/mol. The molecule has 156 valence electrons. The number of amidine groups is 1. The number of halogens is 1. The number of aromatic nitrogens is 3. The molecular formula is C19H25FN6O2S. The van der Waals surface area contributed by atoms with Crippen LogP contribution in [0, 0.1) is 19.8 Å². The van der Waals surface area contributed by atoms with E-state index < -0.39 is 6.86 Å². The first kappa shape index (κ1) is 25.8. The van der Waals surface area contributed by atoms with Gasteiger partial charge in [0.2, 0.25) is 19.2 Å². The molecule has 0 aliphatic carbocycles. The SMILES string of the molecule is C#C.C[C@H]1CCSC(N)=N1.Cc1cnc(OCF)cn1.O=CNc1ccncc1. The minimum atomic E-state index is -0.863. The lowest BCUT2D eigenvalue weighted by Crippen LogP contribution is -2.17. The molecule has 0 bridgehead atoms. The summed E-state index contributed by atoms with van der Waals surface area (Å²) < 4.78 is 15.9. The molecule has 0 fully saturated rings. The van der Waals surface area contributed by atoms with E-state index in [9.17, 15) is 9.18 Å². The van der Waals surface area contributed by atoms with E-state index in [1.807, 2.05) is 0 Å². The highest BCUT2D eigenvalue weighted by Crippen LogP contribution is 2.13. The summed E-state index contributed by atoms with van der Waals surface area (Å²) in [5.41, 5.74) is 6.99. The first-order chi connectivity index (χ1) is 14.0. The van der Waals surface area contributed by atoms with Crippen LogP contribution in [0.15, 0.2) is 41.9 Å². The molecule has 1 amide bonds. The van der Waals surface area contributed by atoms with E-state index in [1.165, 1.54) is 18.8 Å². The van der Waals surface area contributed by atoms with E-state index in [-0.39, 0.29) is 5.88 Å². The highest BCUT2D eigenvalue weighted by atomic mass is 32.2. The Kier molecular flexibility index (Phi) is 15.1. The second-order valence-electron chi connectivity index (χ2n) is 5.20. The molecule has 3 heterocycles. The molecule has 0 spiro atoms. The van der Waals surface area contributed by atoms with Crippen molar-refractivity contribution >= 4 is 29.0 Å². The van der Waals surface area contributed by atoms with Gasteiger partial charge in [0.1, 0.15) is 0 Å². The Morgan fingerprint density at radius 2 is 2.03 bits per heavy atom. The summed E-state index contributed by atoms with van der Waals surface area (Å²) in [6.07, 6.45) is 15.9. The number of rotatable bonds is 4. The molecule has 2 aromatic heterocycles. The van der Waals surface area contributed by atoms with E-state index >= 15 is 0 Å². The summed E-state index contributed by atoms with van der Waals surface area (Å²) in [7, 11) is 0. The van der Waals surface area contributed by atoms with Crippen molar-refractivity contribution in [2.75, 3.05) is 17.9 Å². The van der Waals surface area contributed by atoms with Crippen molar-refractivity contribution in [1.82, 2.24) is 15.0 Å². The van der Waals surface area contributed by atoms with Crippen LogP contribution in [0.4, 0.5) is 10.1 Å². The molecule has 10 heteroatoms. The van der Waals surface area contributed by atoms with Crippen molar-refractivity contribution in [3.8, 4) is 18.7 Å². The van der Waals surface area contributed by atoms with Crippen LogP contribution in [-0.4, -0.2) is 45.2 Å².